The second-order valence-corrected chi connectivity index (χ2v) is 10.1. The van der Waals surface area contributed by atoms with E-state index in [0.717, 1.165) is 5.56 Å². The molecule has 1 heterocycles. The molecule has 0 aliphatic carbocycles. The maximum Gasteiger partial charge on any atom is 0.270 e. The highest BCUT2D eigenvalue weighted by atomic mass is 35.5. The summed E-state index contributed by atoms with van der Waals surface area (Å²) in [6.45, 7) is 2.49. The molecule has 4 aromatic carbocycles. The molecule has 1 aliphatic rings. The molecule has 0 aromatic heterocycles. The summed E-state index contributed by atoms with van der Waals surface area (Å²) in [7, 11) is 0. The van der Waals surface area contributed by atoms with Gasteiger partial charge in [0.2, 0.25) is 0 Å². The van der Waals surface area contributed by atoms with Gasteiger partial charge in [-0.05, 0) is 84.9 Å². The van der Waals surface area contributed by atoms with Gasteiger partial charge >= 0.3 is 0 Å². The maximum atomic E-state index is 13.8. The number of benzene rings is 4. The molecule has 0 spiro atoms. The maximum absolute atomic E-state index is 13.8. The fourth-order valence-corrected chi connectivity index (χ4v) is 5.00. The van der Waals surface area contributed by atoms with Gasteiger partial charge in [0.25, 0.3) is 11.8 Å². The van der Waals surface area contributed by atoms with Gasteiger partial charge in [-0.3, -0.25) is 19.4 Å². The van der Waals surface area contributed by atoms with Gasteiger partial charge in [0.15, 0.2) is 16.6 Å². The van der Waals surface area contributed by atoms with Crippen LogP contribution in [-0.2, 0) is 16.2 Å². The molecule has 0 saturated carbocycles. The minimum absolute atomic E-state index is 0.0433. The molecule has 0 N–H and O–H groups in total. The number of hydrogen-bond acceptors (Lipinski definition) is 5. The smallest absolute Gasteiger partial charge is 0.270 e. The van der Waals surface area contributed by atoms with Gasteiger partial charge < -0.3 is 9.47 Å². The van der Waals surface area contributed by atoms with Crippen LogP contribution in [-0.4, -0.2) is 23.5 Å². The zero-order valence-corrected chi connectivity index (χ0v) is 24.2. The Morgan fingerprint density at radius 2 is 1.34 bits per heavy atom. The highest BCUT2D eigenvalue weighted by Crippen LogP contribution is 2.33. The third kappa shape index (κ3) is 6.12. The summed E-state index contributed by atoms with van der Waals surface area (Å²) in [5.41, 5.74) is 2.49. The zero-order chi connectivity index (χ0) is 28.9. The van der Waals surface area contributed by atoms with Crippen LogP contribution in [0.25, 0.3) is 6.08 Å². The first-order valence-electron chi connectivity index (χ1n) is 12.8. The van der Waals surface area contributed by atoms with Gasteiger partial charge in [0.05, 0.1) is 28.0 Å². The molecule has 6 nitrogen and oxygen atoms in total. The normalized spacial score (nSPS) is 13.4. The zero-order valence-electron chi connectivity index (χ0n) is 21.9. The number of carbonyl (C=O) groups is 2. The molecule has 0 unspecified atom stereocenters. The molecule has 41 heavy (non-hydrogen) atoms. The highest BCUT2D eigenvalue weighted by molar-refractivity contribution is 7.81. The number of nitrogens with zero attached hydrogens (tertiary/aromatic N) is 2. The first kappa shape index (κ1) is 28.4. The number of thiocarbonyl (C=S) groups is 1. The van der Waals surface area contributed by atoms with E-state index in [-0.39, 0.29) is 17.3 Å². The Hall–Kier alpha value is -4.17. The van der Waals surface area contributed by atoms with Crippen LogP contribution in [0.5, 0.6) is 11.5 Å². The van der Waals surface area contributed by atoms with Crippen LogP contribution >= 0.6 is 35.4 Å². The first-order valence-corrected chi connectivity index (χ1v) is 13.9. The van der Waals surface area contributed by atoms with E-state index in [0.29, 0.717) is 45.1 Å². The van der Waals surface area contributed by atoms with Crippen LogP contribution in [0, 0.1) is 0 Å². The van der Waals surface area contributed by atoms with Crippen molar-refractivity contribution in [1.82, 2.24) is 0 Å². The van der Waals surface area contributed by atoms with E-state index >= 15 is 0 Å². The second kappa shape index (κ2) is 12.6. The van der Waals surface area contributed by atoms with Gasteiger partial charge in [0.1, 0.15) is 12.2 Å². The summed E-state index contributed by atoms with van der Waals surface area (Å²) in [6.07, 6.45) is 1.55. The van der Waals surface area contributed by atoms with E-state index in [2.05, 4.69) is 0 Å². The molecule has 1 fully saturated rings. The molecule has 1 aliphatic heterocycles. The van der Waals surface area contributed by atoms with Crippen molar-refractivity contribution in [1.29, 1.82) is 0 Å². The summed E-state index contributed by atoms with van der Waals surface area (Å²) >= 11 is 17.8. The lowest BCUT2D eigenvalue weighted by atomic mass is 10.0. The Bertz CT molecular complexity index is 1580. The SMILES string of the molecule is CCOc1cc(C=C2C(=O)N(c3ccccc3)C(=S)N(c3ccccc3)C2=O)ccc1OCc1ccc(Cl)c(Cl)c1. The number of amides is 2. The van der Waals surface area contributed by atoms with Crippen molar-refractivity contribution in [2.75, 3.05) is 16.4 Å². The minimum Gasteiger partial charge on any atom is -0.490 e. The second-order valence-electron chi connectivity index (χ2n) is 8.97. The molecular formula is C32H24Cl2N2O4S. The van der Waals surface area contributed by atoms with Crippen LogP contribution in [0.2, 0.25) is 10.0 Å². The van der Waals surface area contributed by atoms with Gasteiger partial charge in [-0.15, -0.1) is 0 Å². The van der Waals surface area contributed by atoms with E-state index in [1.165, 1.54) is 9.80 Å². The van der Waals surface area contributed by atoms with Gasteiger partial charge in [-0.2, -0.15) is 0 Å². The van der Waals surface area contributed by atoms with E-state index in [4.69, 9.17) is 44.9 Å². The summed E-state index contributed by atoms with van der Waals surface area (Å²) in [6, 6.07) is 28.5. The topological polar surface area (TPSA) is 59.1 Å². The quantitative estimate of drug-likeness (QED) is 0.117. The van der Waals surface area contributed by atoms with E-state index in [9.17, 15) is 9.59 Å². The predicted molar refractivity (Wildman–Crippen MR) is 167 cm³/mol. The number of anilines is 2. The molecule has 0 atom stereocenters. The van der Waals surface area contributed by atoms with E-state index in [1.54, 1.807) is 60.7 Å². The Kier molecular flexibility index (Phi) is 8.69. The van der Waals surface area contributed by atoms with Crippen molar-refractivity contribution < 1.29 is 19.1 Å². The van der Waals surface area contributed by atoms with Crippen molar-refractivity contribution in [3.63, 3.8) is 0 Å². The average molecular weight is 604 g/mol. The fraction of sp³-hybridized carbons (Fsp3) is 0.0938. The van der Waals surface area contributed by atoms with Crippen LogP contribution in [0.4, 0.5) is 11.4 Å². The molecule has 0 bridgehead atoms. The molecule has 206 valence electrons. The van der Waals surface area contributed by atoms with Gasteiger partial charge in [0, 0.05) is 0 Å². The third-order valence-corrected chi connectivity index (χ3v) is 7.34. The Labute approximate surface area is 253 Å². The van der Waals surface area contributed by atoms with Crippen molar-refractivity contribution in [3.05, 3.63) is 124 Å². The number of halogens is 2. The van der Waals surface area contributed by atoms with Gasteiger partial charge in [-0.1, -0.05) is 71.7 Å². The minimum atomic E-state index is -0.517. The number of ether oxygens (including phenoxy) is 2. The number of hydrogen-bond donors (Lipinski definition) is 0. The number of rotatable bonds is 8. The third-order valence-electron chi connectivity index (χ3n) is 6.24. The summed E-state index contributed by atoms with van der Waals surface area (Å²) in [5, 5.41) is 0.984. The van der Waals surface area contributed by atoms with Crippen molar-refractivity contribution >= 4 is 69.8 Å². The monoisotopic (exact) mass is 602 g/mol. The van der Waals surface area contributed by atoms with Crippen LogP contribution in [0.15, 0.2) is 103 Å². The Balaban J connectivity index is 1.50. The fourth-order valence-electron chi connectivity index (χ4n) is 4.30. The van der Waals surface area contributed by atoms with Crippen molar-refractivity contribution in [2.45, 2.75) is 13.5 Å². The lowest BCUT2D eigenvalue weighted by Crippen LogP contribution is -2.56. The standard InChI is InChI=1S/C32H24Cl2N2O4S/c1-2-39-29-19-21(14-16-28(29)40-20-22-13-15-26(33)27(34)18-22)17-25-30(37)35(23-9-5-3-6-10-23)32(41)36(31(25)38)24-11-7-4-8-12-24/h3-19H,2,20H2,1H3. The number of para-hydroxylation sites is 2. The molecule has 4 aromatic rings. The Morgan fingerprint density at radius 3 is 1.90 bits per heavy atom. The summed E-state index contributed by atoms with van der Waals surface area (Å²) in [5.74, 6) is -0.0695. The number of carbonyl (C=O) groups excluding carboxylic acids is 2. The lowest BCUT2D eigenvalue weighted by molar-refractivity contribution is -0.120. The molecule has 0 radical (unpaired) electrons. The predicted octanol–water partition coefficient (Wildman–Crippen LogP) is 7.72. The van der Waals surface area contributed by atoms with E-state index < -0.39 is 11.8 Å². The van der Waals surface area contributed by atoms with Crippen molar-refractivity contribution in [3.8, 4) is 11.5 Å². The van der Waals surface area contributed by atoms with Crippen LogP contribution in [0.1, 0.15) is 18.1 Å². The van der Waals surface area contributed by atoms with Crippen LogP contribution < -0.4 is 19.3 Å². The van der Waals surface area contributed by atoms with Gasteiger partial charge in [-0.25, -0.2) is 0 Å². The van der Waals surface area contributed by atoms with E-state index in [1.807, 2.05) is 49.4 Å². The van der Waals surface area contributed by atoms with Crippen LogP contribution in [0.3, 0.4) is 0 Å². The average Bonchev–Trinajstić information content (AvgIpc) is 2.98. The molecule has 5 rings (SSSR count). The molecule has 1 saturated heterocycles. The Morgan fingerprint density at radius 1 is 0.732 bits per heavy atom. The first-order chi connectivity index (χ1) is 19.9. The largest absolute Gasteiger partial charge is 0.490 e. The molecule has 9 heteroatoms. The van der Waals surface area contributed by atoms with Crippen molar-refractivity contribution in [2.24, 2.45) is 0 Å². The summed E-state index contributed by atoms with van der Waals surface area (Å²) < 4.78 is 11.8. The summed E-state index contributed by atoms with van der Waals surface area (Å²) in [4.78, 5) is 30.3. The molecular weight excluding hydrogens is 579 g/mol. The lowest BCUT2D eigenvalue weighted by Gasteiger charge is -2.36. The highest BCUT2D eigenvalue weighted by Gasteiger charge is 2.41. The molecule has 2 amide bonds.